The SMILES string of the molecule is Cc1cc(Cl)c(C(C)C)cc1Oc1ccc(Cl)nn1. The quantitative estimate of drug-likeness (QED) is 0.799. The highest BCUT2D eigenvalue weighted by atomic mass is 35.5. The Balaban J connectivity index is 2.34. The zero-order valence-electron chi connectivity index (χ0n) is 10.9. The third-order valence-corrected chi connectivity index (χ3v) is 3.27. The van der Waals surface area contributed by atoms with Crippen molar-refractivity contribution in [2.75, 3.05) is 0 Å². The maximum Gasteiger partial charge on any atom is 0.238 e. The highest BCUT2D eigenvalue weighted by Crippen LogP contribution is 2.33. The van der Waals surface area contributed by atoms with Gasteiger partial charge in [-0.3, -0.25) is 0 Å². The summed E-state index contributed by atoms with van der Waals surface area (Å²) < 4.78 is 5.72. The van der Waals surface area contributed by atoms with E-state index in [-0.39, 0.29) is 0 Å². The van der Waals surface area contributed by atoms with Crippen LogP contribution in [0.2, 0.25) is 10.2 Å². The minimum absolute atomic E-state index is 0.326. The number of benzene rings is 1. The van der Waals surface area contributed by atoms with Crippen LogP contribution in [-0.4, -0.2) is 10.2 Å². The van der Waals surface area contributed by atoms with Gasteiger partial charge in [0.1, 0.15) is 5.75 Å². The molecule has 2 rings (SSSR count). The van der Waals surface area contributed by atoms with Crippen molar-refractivity contribution in [3.8, 4) is 11.6 Å². The third kappa shape index (κ3) is 3.37. The second kappa shape index (κ2) is 5.76. The van der Waals surface area contributed by atoms with Crippen LogP contribution in [0.1, 0.15) is 30.9 Å². The van der Waals surface area contributed by atoms with Crippen LogP contribution in [-0.2, 0) is 0 Å². The van der Waals surface area contributed by atoms with E-state index < -0.39 is 0 Å². The average Bonchev–Trinajstić information content (AvgIpc) is 2.34. The molecule has 19 heavy (non-hydrogen) atoms. The molecule has 0 aliphatic rings. The van der Waals surface area contributed by atoms with Gasteiger partial charge in [-0.05, 0) is 42.2 Å². The fourth-order valence-corrected chi connectivity index (χ4v) is 2.23. The molecule has 0 atom stereocenters. The van der Waals surface area contributed by atoms with Crippen LogP contribution in [0.15, 0.2) is 24.3 Å². The maximum atomic E-state index is 6.22. The third-order valence-electron chi connectivity index (χ3n) is 2.74. The van der Waals surface area contributed by atoms with E-state index in [0.29, 0.717) is 17.0 Å². The van der Waals surface area contributed by atoms with Crippen molar-refractivity contribution in [2.24, 2.45) is 0 Å². The lowest BCUT2D eigenvalue weighted by atomic mass is 10.0. The minimum atomic E-state index is 0.326. The van der Waals surface area contributed by atoms with Gasteiger partial charge in [-0.25, -0.2) is 0 Å². The highest BCUT2D eigenvalue weighted by Gasteiger charge is 2.11. The van der Waals surface area contributed by atoms with E-state index in [4.69, 9.17) is 27.9 Å². The first kappa shape index (κ1) is 14.1. The van der Waals surface area contributed by atoms with Gasteiger partial charge in [0.05, 0.1) is 0 Å². The predicted octanol–water partition coefficient (Wildman–Crippen LogP) is 5.01. The smallest absolute Gasteiger partial charge is 0.238 e. The first-order valence-corrected chi connectivity index (χ1v) is 6.70. The van der Waals surface area contributed by atoms with Crippen LogP contribution >= 0.6 is 23.2 Å². The molecule has 1 heterocycles. The van der Waals surface area contributed by atoms with Crippen molar-refractivity contribution >= 4 is 23.2 Å². The Kier molecular flexibility index (Phi) is 4.27. The van der Waals surface area contributed by atoms with E-state index >= 15 is 0 Å². The Morgan fingerprint density at radius 1 is 1.11 bits per heavy atom. The molecule has 0 unspecified atom stereocenters. The molecule has 0 fully saturated rings. The van der Waals surface area contributed by atoms with Crippen LogP contribution in [0, 0.1) is 6.92 Å². The van der Waals surface area contributed by atoms with Crippen molar-refractivity contribution in [1.29, 1.82) is 0 Å². The molecule has 0 spiro atoms. The molecule has 0 N–H and O–H groups in total. The Morgan fingerprint density at radius 3 is 2.42 bits per heavy atom. The lowest BCUT2D eigenvalue weighted by Crippen LogP contribution is -1.96. The number of hydrogen-bond donors (Lipinski definition) is 0. The van der Waals surface area contributed by atoms with Crippen LogP contribution < -0.4 is 4.74 Å². The molecular formula is C14H14Cl2N2O. The fourth-order valence-electron chi connectivity index (χ4n) is 1.69. The molecule has 0 amide bonds. The van der Waals surface area contributed by atoms with Crippen molar-refractivity contribution in [3.05, 3.63) is 45.6 Å². The average molecular weight is 297 g/mol. The number of aryl methyl sites for hydroxylation is 1. The number of rotatable bonds is 3. The second-order valence-electron chi connectivity index (χ2n) is 4.59. The highest BCUT2D eigenvalue weighted by molar-refractivity contribution is 6.31. The molecule has 0 saturated carbocycles. The van der Waals surface area contributed by atoms with Crippen molar-refractivity contribution in [2.45, 2.75) is 26.7 Å². The molecular weight excluding hydrogens is 283 g/mol. The van der Waals surface area contributed by atoms with Gasteiger partial charge in [-0.1, -0.05) is 37.0 Å². The van der Waals surface area contributed by atoms with E-state index in [1.807, 2.05) is 19.1 Å². The molecule has 1 aromatic heterocycles. The van der Waals surface area contributed by atoms with Gasteiger partial charge in [0.15, 0.2) is 5.15 Å². The van der Waals surface area contributed by atoms with Crippen LogP contribution in [0.5, 0.6) is 11.6 Å². The topological polar surface area (TPSA) is 35.0 Å². The summed E-state index contributed by atoms with van der Waals surface area (Å²) in [5.74, 6) is 1.46. The van der Waals surface area contributed by atoms with Gasteiger partial charge >= 0.3 is 0 Å². The number of halogens is 2. The van der Waals surface area contributed by atoms with E-state index in [2.05, 4.69) is 24.0 Å². The standard InChI is InChI=1S/C14H14Cl2N2O/c1-8(2)10-7-12(9(3)6-11(10)15)19-14-5-4-13(16)17-18-14/h4-8H,1-3H3. The summed E-state index contributed by atoms with van der Waals surface area (Å²) in [5, 5.41) is 8.71. The molecule has 5 heteroatoms. The molecule has 2 aromatic rings. The van der Waals surface area contributed by atoms with Gasteiger partial charge in [0.25, 0.3) is 0 Å². The van der Waals surface area contributed by atoms with Crippen molar-refractivity contribution in [1.82, 2.24) is 10.2 Å². The number of aromatic nitrogens is 2. The zero-order chi connectivity index (χ0) is 14.0. The summed E-state index contributed by atoms with van der Waals surface area (Å²) in [5.41, 5.74) is 2.00. The predicted molar refractivity (Wildman–Crippen MR) is 77.4 cm³/mol. The molecule has 0 aliphatic carbocycles. The Hall–Kier alpha value is -1.32. The molecule has 0 aliphatic heterocycles. The first-order chi connectivity index (χ1) is 8.97. The van der Waals surface area contributed by atoms with Gasteiger partial charge in [-0.2, -0.15) is 0 Å². The molecule has 0 radical (unpaired) electrons. The van der Waals surface area contributed by atoms with Gasteiger partial charge in [0.2, 0.25) is 5.88 Å². The fraction of sp³-hybridized carbons (Fsp3) is 0.286. The van der Waals surface area contributed by atoms with Crippen LogP contribution in [0.3, 0.4) is 0 Å². The van der Waals surface area contributed by atoms with E-state index in [1.165, 1.54) is 0 Å². The second-order valence-corrected chi connectivity index (χ2v) is 5.38. The lowest BCUT2D eigenvalue weighted by Gasteiger charge is -2.13. The summed E-state index contributed by atoms with van der Waals surface area (Å²) in [6, 6.07) is 7.16. The summed E-state index contributed by atoms with van der Waals surface area (Å²) >= 11 is 11.9. The minimum Gasteiger partial charge on any atom is -0.437 e. The molecule has 0 bridgehead atoms. The molecule has 3 nitrogen and oxygen atoms in total. The van der Waals surface area contributed by atoms with Gasteiger partial charge in [0, 0.05) is 11.1 Å². The van der Waals surface area contributed by atoms with Crippen molar-refractivity contribution in [3.63, 3.8) is 0 Å². The largest absolute Gasteiger partial charge is 0.437 e. The van der Waals surface area contributed by atoms with Crippen LogP contribution in [0.25, 0.3) is 0 Å². The Bertz CT molecular complexity index is 583. The Labute approximate surface area is 122 Å². The zero-order valence-corrected chi connectivity index (χ0v) is 12.5. The molecule has 1 aromatic carbocycles. The van der Waals surface area contributed by atoms with E-state index in [0.717, 1.165) is 21.9 Å². The molecule has 0 saturated heterocycles. The summed E-state index contributed by atoms with van der Waals surface area (Å²) in [4.78, 5) is 0. The number of ether oxygens (including phenoxy) is 1. The number of nitrogens with zero attached hydrogens (tertiary/aromatic N) is 2. The molecule has 100 valence electrons. The maximum absolute atomic E-state index is 6.22. The van der Waals surface area contributed by atoms with E-state index in [9.17, 15) is 0 Å². The monoisotopic (exact) mass is 296 g/mol. The van der Waals surface area contributed by atoms with Crippen LogP contribution in [0.4, 0.5) is 0 Å². The Morgan fingerprint density at radius 2 is 1.84 bits per heavy atom. The lowest BCUT2D eigenvalue weighted by molar-refractivity contribution is 0.451. The van der Waals surface area contributed by atoms with E-state index in [1.54, 1.807) is 12.1 Å². The normalized spacial score (nSPS) is 10.8. The van der Waals surface area contributed by atoms with Gasteiger partial charge in [-0.15, -0.1) is 10.2 Å². The summed E-state index contributed by atoms with van der Waals surface area (Å²) in [6.45, 7) is 6.11. The first-order valence-electron chi connectivity index (χ1n) is 5.94. The van der Waals surface area contributed by atoms with Crippen molar-refractivity contribution < 1.29 is 4.74 Å². The number of hydrogen-bond acceptors (Lipinski definition) is 3. The summed E-state index contributed by atoms with van der Waals surface area (Å²) in [7, 11) is 0. The summed E-state index contributed by atoms with van der Waals surface area (Å²) in [6.07, 6.45) is 0. The van der Waals surface area contributed by atoms with Gasteiger partial charge < -0.3 is 4.74 Å².